The molecule has 0 atom stereocenters. The highest BCUT2D eigenvalue weighted by Crippen LogP contribution is 2.27. The fourth-order valence-corrected chi connectivity index (χ4v) is 3.61. The number of hydrogen-bond acceptors (Lipinski definition) is 3. The highest BCUT2D eigenvalue weighted by molar-refractivity contribution is 6.04. The first kappa shape index (κ1) is 24.9. The van der Waals surface area contributed by atoms with Crippen LogP contribution in [0.15, 0.2) is 54.6 Å². The second kappa shape index (κ2) is 10.2. The fourth-order valence-electron chi connectivity index (χ4n) is 3.61. The summed E-state index contributed by atoms with van der Waals surface area (Å²) in [5, 5.41) is 7.23. The predicted octanol–water partition coefficient (Wildman–Crippen LogP) is 6.08. The van der Waals surface area contributed by atoms with Gasteiger partial charge >= 0.3 is 0 Å². The second-order valence-corrected chi connectivity index (χ2v) is 8.07. The summed E-state index contributed by atoms with van der Waals surface area (Å²) < 4.78 is 74.2. The van der Waals surface area contributed by atoms with Gasteiger partial charge in [0.05, 0.1) is 23.6 Å². The van der Waals surface area contributed by atoms with Crippen LogP contribution in [-0.4, -0.2) is 15.7 Å². The van der Waals surface area contributed by atoms with E-state index in [1.807, 2.05) is 0 Å². The van der Waals surface area contributed by atoms with E-state index in [0.29, 0.717) is 29.2 Å². The number of carbonyl (C=O) groups is 1. The third-order valence-corrected chi connectivity index (χ3v) is 5.51. The summed E-state index contributed by atoms with van der Waals surface area (Å²) in [6.07, 6.45) is 0. The van der Waals surface area contributed by atoms with Crippen LogP contribution in [0.5, 0.6) is 5.75 Å². The highest BCUT2D eigenvalue weighted by Gasteiger charge is 2.21. The number of halogens is 5. The Hall–Kier alpha value is -4.21. The lowest BCUT2D eigenvalue weighted by atomic mass is 10.1. The minimum atomic E-state index is -1.63. The molecule has 0 radical (unpaired) electrons. The number of benzene rings is 3. The number of ether oxygens (including phenoxy) is 1. The fraction of sp³-hybridized carbons (Fsp3) is 0.154. The normalized spacial score (nSPS) is 11.0. The first-order valence-electron chi connectivity index (χ1n) is 10.8. The minimum absolute atomic E-state index is 0.0968. The molecule has 186 valence electrons. The number of hydrogen-bond donors (Lipinski definition) is 1. The molecule has 4 rings (SSSR count). The van der Waals surface area contributed by atoms with Gasteiger partial charge in [0, 0.05) is 11.6 Å². The maximum Gasteiger partial charge on any atom is 0.255 e. The highest BCUT2D eigenvalue weighted by atomic mass is 19.2. The SMILES string of the molecule is Cc1nn(Cc2cccc(F)c2)c(C)c1NC(=O)c1ccc(COc2c(F)c(F)cc(F)c2F)cc1. The van der Waals surface area contributed by atoms with Crippen LogP contribution in [0, 0.1) is 42.9 Å². The molecule has 0 aliphatic rings. The Morgan fingerprint density at radius 2 is 1.58 bits per heavy atom. The van der Waals surface area contributed by atoms with E-state index in [2.05, 4.69) is 10.4 Å². The monoisotopic (exact) mass is 501 g/mol. The van der Waals surface area contributed by atoms with Crippen LogP contribution in [0.4, 0.5) is 27.6 Å². The number of aromatic nitrogens is 2. The van der Waals surface area contributed by atoms with Gasteiger partial charge in [-0.3, -0.25) is 9.48 Å². The van der Waals surface area contributed by atoms with Crippen molar-refractivity contribution in [2.75, 3.05) is 5.32 Å². The van der Waals surface area contributed by atoms with Crippen LogP contribution in [0.1, 0.15) is 32.9 Å². The molecule has 1 amide bonds. The maximum absolute atomic E-state index is 13.7. The Bertz CT molecular complexity index is 1410. The van der Waals surface area contributed by atoms with Gasteiger partial charge in [-0.25, -0.2) is 13.2 Å². The van der Waals surface area contributed by atoms with Crippen molar-refractivity contribution in [1.29, 1.82) is 0 Å². The van der Waals surface area contributed by atoms with Crippen molar-refractivity contribution in [3.8, 4) is 5.75 Å². The molecule has 0 fully saturated rings. The van der Waals surface area contributed by atoms with Crippen LogP contribution < -0.4 is 10.1 Å². The van der Waals surface area contributed by atoms with Gasteiger partial charge in [-0.05, 0) is 49.2 Å². The Balaban J connectivity index is 1.43. The molecule has 10 heteroatoms. The smallest absolute Gasteiger partial charge is 0.255 e. The molecule has 0 bridgehead atoms. The molecular weight excluding hydrogens is 481 g/mol. The Morgan fingerprint density at radius 1 is 0.917 bits per heavy atom. The van der Waals surface area contributed by atoms with Crippen molar-refractivity contribution in [2.24, 2.45) is 0 Å². The summed E-state index contributed by atoms with van der Waals surface area (Å²) in [7, 11) is 0. The van der Waals surface area contributed by atoms with Crippen molar-refractivity contribution in [1.82, 2.24) is 9.78 Å². The van der Waals surface area contributed by atoms with Gasteiger partial charge in [-0.2, -0.15) is 13.9 Å². The van der Waals surface area contributed by atoms with E-state index in [1.165, 1.54) is 36.4 Å². The number of aryl methyl sites for hydroxylation is 1. The Labute approximate surface area is 203 Å². The number of carbonyl (C=O) groups excluding carboxylic acids is 1. The van der Waals surface area contributed by atoms with Gasteiger partial charge in [-0.15, -0.1) is 0 Å². The first-order valence-corrected chi connectivity index (χ1v) is 10.8. The quantitative estimate of drug-likeness (QED) is 0.247. The third-order valence-electron chi connectivity index (χ3n) is 5.51. The zero-order chi connectivity index (χ0) is 26.0. The van der Waals surface area contributed by atoms with Crippen molar-refractivity contribution < 1.29 is 31.5 Å². The number of anilines is 1. The number of rotatable bonds is 7. The molecule has 0 spiro atoms. The molecular formula is C26H20F5N3O2. The number of amides is 1. The van der Waals surface area contributed by atoms with Gasteiger partial charge in [0.15, 0.2) is 17.4 Å². The van der Waals surface area contributed by atoms with Crippen molar-refractivity contribution in [2.45, 2.75) is 27.0 Å². The van der Waals surface area contributed by atoms with E-state index in [1.54, 1.807) is 30.7 Å². The van der Waals surface area contributed by atoms with E-state index in [0.717, 1.165) is 5.56 Å². The lowest BCUT2D eigenvalue weighted by Crippen LogP contribution is -2.13. The van der Waals surface area contributed by atoms with Crippen LogP contribution >= 0.6 is 0 Å². The molecule has 4 aromatic rings. The molecule has 0 saturated carbocycles. The van der Waals surface area contributed by atoms with E-state index in [9.17, 15) is 26.7 Å². The van der Waals surface area contributed by atoms with Gasteiger partial charge in [0.2, 0.25) is 11.6 Å². The molecule has 1 heterocycles. The zero-order valence-electron chi connectivity index (χ0n) is 19.2. The van der Waals surface area contributed by atoms with Gasteiger partial charge in [0.25, 0.3) is 5.91 Å². The third kappa shape index (κ3) is 5.22. The summed E-state index contributed by atoms with van der Waals surface area (Å²) in [4.78, 5) is 12.8. The molecule has 0 unspecified atom stereocenters. The molecule has 0 aliphatic carbocycles. The predicted molar refractivity (Wildman–Crippen MR) is 122 cm³/mol. The summed E-state index contributed by atoms with van der Waals surface area (Å²) in [5.74, 6) is -8.34. The van der Waals surface area contributed by atoms with E-state index >= 15 is 0 Å². The van der Waals surface area contributed by atoms with Crippen molar-refractivity contribution in [3.63, 3.8) is 0 Å². The number of nitrogens with one attached hydrogen (secondary N) is 1. The van der Waals surface area contributed by atoms with Crippen molar-refractivity contribution in [3.05, 3.63) is 112 Å². The van der Waals surface area contributed by atoms with Crippen LogP contribution in [-0.2, 0) is 13.2 Å². The zero-order valence-corrected chi connectivity index (χ0v) is 19.2. The summed E-state index contributed by atoms with van der Waals surface area (Å²) in [6, 6.07) is 12.1. The van der Waals surface area contributed by atoms with Crippen molar-refractivity contribution >= 4 is 11.6 Å². The Kier molecular flexibility index (Phi) is 7.05. The van der Waals surface area contributed by atoms with Crippen LogP contribution in [0.3, 0.4) is 0 Å². The van der Waals surface area contributed by atoms with E-state index in [-0.39, 0.29) is 24.1 Å². The van der Waals surface area contributed by atoms with Gasteiger partial charge in [0.1, 0.15) is 12.4 Å². The van der Waals surface area contributed by atoms with Gasteiger partial charge < -0.3 is 10.1 Å². The van der Waals surface area contributed by atoms with Gasteiger partial charge in [-0.1, -0.05) is 24.3 Å². The lowest BCUT2D eigenvalue weighted by molar-refractivity contribution is 0.102. The summed E-state index contributed by atoms with van der Waals surface area (Å²) in [5.41, 5.74) is 3.19. The molecule has 5 nitrogen and oxygen atoms in total. The van der Waals surface area contributed by atoms with Crippen LogP contribution in [0.25, 0.3) is 0 Å². The average Bonchev–Trinajstić information content (AvgIpc) is 3.10. The number of nitrogens with zero attached hydrogens (tertiary/aromatic N) is 2. The molecule has 1 aromatic heterocycles. The lowest BCUT2D eigenvalue weighted by Gasteiger charge is -2.10. The van der Waals surface area contributed by atoms with E-state index in [4.69, 9.17) is 4.74 Å². The Morgan fingerprint density at radius 3 is 2.22 bits per heavy atom. The molecule has 0 saturated heterocycles. The average molecular weight is 501 g/mol. The van der Waals surface area contributed by atoms with Crippen LogP contribution in [0.2, 0.25) is 0 Å². The minimum Gasteiger partial charge on any atom is -0.483 e. The molecule has 1 N–H and O–H groups in total. The molecule has 3 aromatic carbocycles. The molecule has 36 heavy (non-hydrogen) atoms. The summed E-state index contributed by atoms with van der Waals surface area (Å²) in [6.45, 7) is 3.45. The molecule has 0 aliphatic heterocycles. The maximum atomic E-state index is 13.7. The second-order valence-electron chi connectivity index (χ2n) is 8.07. The summed E-state index contributed by atoms with van der Waals surface area (Å²) >= 11 is 0. The standard InChI is InChI=1S/C26H20F5N3O2/c1-14-24(15(2)34(33-14)12-17-4-3-5-19(27)10-17)32-26(35)18-8-6-16(7-9-18)13-36-25-22(30)20(28)11-21(29)23(25)31/h3-11H,12-13H2,1-2H3,(H,32,35). The first-order chi connectivity index (χ1) is 17.1. The van der Waals surface area contributed by atoms with E-state index < -0.39 is 34.9 Å². The largest absolute Gasteiger partial charge is 0.483 e. The topological polar surface area (TPSA) is 56.2 Å².